The summed E-state index contributed by atoms with van der Waals surface area (Å²) in [7, 11) is 0. The van der Waals surface area contributed by atoms with Crippen molar-refractivity contribution in [2.75, 3.05) is 6.61 Å². The molecule has 0 saturated heterocycles. The minimum atomic E-state index is -4.80. The zero-order valence-corrected chi connectivity index (χ0v) is 10.1. The van der Waals surface area contributed by atoms with E-state index < -0.39 is 23.6 Å². The molecule has 2 heterocycles. The highest BCUT2D eigenvalue weighted by Gasteiger charge is 2.36. The van der Waals surface area contributed by atoms with Crippen LogP contribution < -0.4 is 5.73 Å². The molecule has 0 saturated carbocycles. The first-order chi connectivity index (χ1) is 9.34. The number of primary amides is 1. The maximum atomic E-state index is 12.7. The van der Waals surface area contributed by atoms with Crippen molar-refractivity contribution in [3.63, 3.8) is 0 Å². The number of nitrogens with zero attached hydrogens (tertiary/aromatic N) is 4. The van der Waals surface area contributed by atoms with Gasteiger partial charge in [-0.15, -0.1) is 0 Å². The van der Waals surface area contributed by atoms with Gasteiger partial charge in [0.05, 0.1) is 6.33 Å². The van der Waals surface area contributed by atoms with Crippen LogP contribution >= 0.6 is 0 Å². The molecule has 0 unspecified atom stereocenters. The van der Waals surface area contributed by atoms with E-state index in [1.54, 1.807) is 0 Å². The molecule has 0 aliphatic heterocycles. The van der Waals surface area contributed by atoms with E-state index in [9.17, 15) is 18.0 Å². The molecule has 2 aromatic rings. The lowest BCUT2D eigenvalue weighted by Gasteiger charge is -2.08. The molecule has 1 amide bonds. The van der Waals surface area contributed by atoms with Crippen LogP contribution in [0.25, 0.3) is 11.2 Å². The Labute approximate surface area is 110 Å². The Morgan fingerprint density at radius 1 is 1.40 bits per heavy atom. The second kappa shape index (κ2) is 5.04. The third-order valence-corrected chi connectivity index (χ3v) is 2.51. The summed E-state index contributed by atoms with van der Waals surface area (Å²) in [5.41, 5.74) is 4.20. The van der Waals surface area contributed by atoms with Gasteiger partial charge in [0.15, 0.2) is 11.3 Å². The van der Waals surface area contributed by atoms with Gasteiger partial charge in [-0.2, -0.15) is 13.2 Å². The normalized spacial score (nSPS) is 12.0. The van der Waals surface area contributed by atoms with E-state index in [2.05, 4.69) is 15.0 Å². The Hall–Kier alpha value is -2.23. The topological polar surface area (TPSA) is 107 Å². The number of alkyl halides is 3. The Kier molecular flexibility index (Phi) is 3.57. The number of halogens is 3. The van der Waals surface area contributed by atoms with Crippen LogP contribution in [-0.2, 0) is 12.7 Å². The summed E-state index contributed by atoms with van der Waals surface area (Å²) >= 11 is 0. The standard InChI is InChI=1S/C10H10F3N5O2/c11-10(12,13)9-16-5(7(14)20)6-8(17-9)18(4-15-6)2-1-3-19/h4,19H,1-3H2,(H2,14,20). The number of carbonyl (C=O) groups is 1. The number of fused-ring (bicyclic) bond motifs is 1. The van der Waals surface area contributed by atoms with E-state index in [-0.39, 0.29) is 24.3 Å². The number of amides is 1. The van der Waals surface area contributed by atoms with Gasteiger partial charge in [-0.3, -0.25) is 4.79 Å². The fourth-order valence-corrected chi connectivity index (χ4v) is 1.65. The second-order valence-electron chi connectivity index (χ2n) is 3.95. The fourth-order valence-electron chi connectivity index (χ4n) is 1.65. The molecule has 7 nitrogen and oxygen atoms in total. The predicted molar refractivity (Wildman–Crippen MR) is 60.5 cm³/mol. The summed E-state index contributed by atoms with van der Waals surface area (Å²) in [4.78, 5) is 21.5. The number of rotatable bonds is 4. The van der Waals surface area contributed by atoms with Gasteiger partial charge in [-0.25, -0.2) is 15.0 Å². The van der Waals surface area contributed by atoms with E-state index >= 15 is 0 Å². The lowest BCUT2D eigenvalue weighted by Crippen LogP contribution is -2.20. The highest BCUT2D eigenvalue weighted by Crippen LogP contribution is 2.28. The summed E-state index contributed by atoms with van der Waals surface area (Å²) < 4.78 is 39.4. The fraction of sp³-hybridized carbons (Fsp3) is 0.400. The second-order valence-corrected chi connectivity index (χ2v) is 3.95. The average molecular weight is 289 g/mol. The third kappa shape index (κ3) is 2.54. The molecule has 0 radical (unpaired) electrons. The quantitative estimate of drug-likeness (QED) is 0.843. The van der Waals surface area contributed by atoms with Crippen molar-refractivity contribution in [3.8, 4) is 0 Å². The number of aliphatic hydroxyl groups excluding tert-OH is 1. The maximum absolute atomic E-state index is 12.7. The van der Waals surface area contributed by atoms with Crippen LogP contribution in [0, 0.1) is 0 Å². The van der Waals surface area contributed by atoms with Crippen LogP contribution in [0.4, 0.5) is 13.2 Å². The van der Waals surface area contributed by atoms with Gasteiger partial charge < -0.3 is 15.4 Å². The number of imidazole rings is 1. The van der Waals surface area contributed by atoms with E-state index in [1.807, 2.05) is 0 Å². The number of hydrogen-bond acceptors (Lipinski definition) is 5. The number of hydrogen-bond donors (Lipinski definition) is 2. The first-order valence-electron chi connectivity index (χ1n) is 5.55. The smallest absolute Gasteiger partial charge is 0.396 e. The summed E-state index contributed by atoms with van der Waals surface area (Å²) in [5.74, 6) is -2.57. The summed E-state index contributed by atoms with van der Waals surface area (Å²) in [6.07, 6.45) is -3.27. The number of aryl methyl sites for hydroxylation is 1. The van der Waals surface area contributed by atoms with Crippen LogP contribution in [0.2, 0.25) is 0 Å². The molecule has 20 heavy (non-hydrogen) atoms. The van der Waals surface area contributed by atoms with Crippen molar-refractivity contribution >= 4 is 17.1 Å². The van der Waals surface area contributed by atoms with Gasteiger partial charge in [0.1, 0.15) is 5.52 Å². The lowest BCUT2D eigenvalue weighted by molar-refractivity contribution is -0.144. The van der Waals surface area contributed by atoms with Crippen molar-refractivity contribution in [1.82, 2.24) is 19.5 Å². The van der Waals surface area contributed by atoms with E-state index in [1.165, 1.54) is 10.9 Å². The minimum absolute atomic E-state index is 0.0940. The van der Waals surface area contributed by atoms with E-state index in [0.29, 0.717) is 6.42 Å². The van der Waals surface area contributed by atoms with Gasteiger partial charge >= 0.3 is 6.18 Å². The number of carbonyl (C=O) groups excluding carboxylic acids is 1. The monoisotopic (exact) mass is 289 g/mol. The molecule has 2 aromatic heterocycles. The largest absolute Gasteiger partial charge is 0.451 e. The Balaban J connectivity index is 2.65. The molecule has 0 aliphatic carbocycles. The molecule has 2 rings (SSSR count). The Bertz CT molecular complexity index is 652. The van der Waals surface area contributed by atoms with Crippen molar-refractivity contribution in [2.24, 2.45) is 5.73 Å². The Morgan fingerprint density at radius 3 is 2.65 bits per heavy atom. The molecule has 0 atom stereocenters. The first kappa shape index (κ1) is 14.2. The molecule has 0 bridgehead atoms. The molecule has 3 N–H and O–H groups in total. The lowest BCUT2D eigenvalue weighted by atomic mass is 10.3. The van der Waals surface area contributed by atoms with Gasteiger partial charge in [0.2, 0.25) is 5.82 Å². The summed E-state index contributed by atoms with van der Waals surface area (Å²) in [5, 5.41) is 8.74. The molecular formula is C10H10F3N5O2. The third-order valence-electron chi connectivity index (χ3n) is 2.51. The van der Waals surface area contributed by atoms with Crippen molar-refractivity contribution in [2.45, 2.75) is 19.1 Å². The van der Waals surface area contributed by atoms with Gasteiger partial charge in [0.25, 0.3) is 5.91 Å². The summed E-state index contributed by atoms with van der Waals surface area (Å²) in [6.45, 7) is 0.0685. The molecule has 0 fully saturated rings. The van der Waals surface area contributed by atoms with Crippen LogP contribution in [0.15, 0.2) is 6.33 Å². The highest BCUT2D eigenvalue weighted by molar-refractivity contribution is 6.01. The van der Waals surface area contributed by atoms with Crippen LogP contribution in [0.5, 0.6) is 0 Å². The molecule has 0 aliphatic rings. The number of aliphatic hydroxyl groups is 1. The SMILES string of the molecule is NC(=O)c1nc(C(F)(F)F)nc2c1ncn2CCCO. The van der Waals surface area contributed by atoms with Crippen molar-refractivity contribution in [3.05, 3.63) is 17.8 Å². The number of nitrogens with two attached hydrogens (primary N) is 1. The zero-order valence-electron chi connectivity index (χ0n) is 10.1. The molecular weight excluding hydrogens is 279 g/mol. The van der Waals surface area contributed by atoms with E-state index in [0.717, 1.165) is 0 Å². The predicted octanol–water partition coefficient (Wildman–Crippen LogP) is 0.326. The van der Waals surface area contributed by atoms with E-state index in [4.69, 9.17) is 10.8 Å². The molecule has 10 heteroatoms. The molecule has 0 spiro atoms. The molecule has 108 valence electrons. The average Bonchev–Trinajstić information content (AvgIpc) is 2.77. The first-order valence-corrected chi connectivity index (χ1v) is 5.55. The number of aromatic nitrogens is 4. The van der Waals surface area contributed by atoms with Crippen molar-refractivity contribution < 1.29 is 23.1 Å². The summed E-state index contributed by atoms with van der Waals surface area (Å²) in [6, 6.07) is 0. The van der Waals surface area contributed by atoms with Gasteiger partial charge in [0, 0.05) is 13.2 Å². The van der Waals surface area contributed by atoms with Gasteiger partial charge in [-0.05, 0) is 6.42 Å². The minimum Gasteiger partial charge on any atom is -0.396 e. The van der Waals surface area contributed by atoms with Crippen LogP contribution in [0.1, 0.15) is 22.7 Å². The van der Waals surface area contributed by atoms with Gasteiger partial charge in [-0.1, -0.05) is 0 Å². The zero-order chi connectivity index (χ0) is 14.9. The highest BCUT2D eigenvalue weighted by atomic mass is 19.4. The van der Waals surface area contributed by atoms with Crippen LogP contribution in [-0.4, -0.2) is 37.1 Å². The maximum Gasteiger partial charge on any atom is 0.451 e. The van der Waals surface area contributed by atoms with Crippen LogP contribution in [0.3, 0.4) is 0 Å². The Morgan fingerprint density at radius 2 is 2.10 bits per heavy atom. The van der Waals surface area contributed by atoms with Crippen molar-refractivity contribution in [1.29, 1.82) is 0 Å². The molecule has 0 aromatic carbocycles.